The fourth-order valence-corrected chi connectivity index (χ4v) is 1.36. The number of nitrogens with two attached hydrogens (primary N) is 1. The van der Waals surface area contributed by atoms with Gasteiger partial charge in [0, 0.05) is 25.3 Å². The third kappa shape index (κ3) is 3.87. The van der Waals surface area contributed by atoms with Crippen molar-refractivity contribution in [3.8, 4) is 0 Å². The van der Waals surface area contributed by atoms with Crippen molar-refractivity contribution in [2.45, 2.75) is 6.18 Å². The van der Waals surface area contributed by atoms with Crippen molar-refractivity contribution < 1.29 is 18.0 Å². The molecule has 8 heteroatoms. The van der Waals surface area contributed by atoms with Crippen molar-refractivity contribution in [3.05, 3.63) is 29.3 Å². The number of benzene rings is 1. The first-order valence-corrected chi connectivity index (χ1v) is 5.16. The Labute approximate surface area is 107 Å². The van der Waals surface area contributed by atoms with Gasteiger partial charge in [-0.3, -0.25) is 15.5 Å². The minimum absolute atomic E-state index is 0.214. The fourth-order valence-electron chi connectivity index (χ4n) is 1.36. The Bertz CT molecular complexity index is 511. The van der Waals surface area contributed by atoms with Gasteiger partial charge < -0.3 is 10.6 Å². The van der Waals surface area contributed by atoms with E-state index in [1.165, 1.54) is 11.0 Å². The third-order valence-electron chi connectivity index (χ3n) is 2.27. The van der Waals surface area contributed by atoms with Crippen LogP contribution in [0.2, 0.25) is 0 Å². The molecule has 0 heterocycles. The van der Waals surface area contributed by atoms with Gasteiger partial charge in [-0.1, -0.05) is 0 Å². The molecule has 104 valence electrons. The molecule has 1 aromatic rings. The van der Waals surface area contributed by atoms with E-state index < -0.39 is 23.6 Å². The Kier molecular flexibility index (Phi) is 4.03. The molecule has 19 heavy (non-hydrogen) atoms. The molecule has 5 nitrogen and oxygen atoms in total. The lowest BCUT2D eigenvalue weighted by Gasteiger charge is -2.17. The molecule has 0 saturated heterocycles. The smallest absolute Gasteiger partial charge is 0.378 e. The molecule has 1 amide bonds. The number of carbonyl (C=O) groups excluding carboxylic acids is 1. The number of rotatable bonds is 2. The van der Waals surface area contributed by atoms with Crippen molar-refractivity contribution in [2.75, 3.05) is 19.0 Å². The number of amides is 1. The molecule has 1 aromatic carbocycles. The number of nitrogens with one attached hydrogen (secondary N) is 2. The van der Waals surface area contributed by atoms with E-state index >= 15 is 0 Å². The fraction of sp³-hybridized carbons (Fsp3) is 0.273. The summed E-state index contributed by atoms with van der Waals surface area (Å²) in [5.41, 5.74) is 4.04. The van der Waals surface area contributed by atoms with Crippen LogP contribution in [0.4, 0.5) is 18.9 Å². The second kappa shape index (κ2) is 5.17. The highest BCUT2D eigenvalue weighted by Gasteiger charge is 2.32. The van der Waals surface area contributed by atoms with Crippen LogP contribution in [0.1, 0.15) is 15.9 Å². The second-order valence-electron chi connectivity index (χ2n) is 4.03. The van der Waals surface area contributed by atoms with E-state index in [0.717, 1.165) is 6.07 Å². The van der Waals surface area contributed by atoms with E-state index in [1.54, 1.807) is 14.1 Å². The summed E-state index contributed by atoms with van der Waals surface area (Å²) < 4.78 is 38.2. The lowest BCUT2D eigenvalue weighted by Crippen LogP contribution is -2.35. The predicted octanol–water partition coefficient (Wildman–Crippen LogP) is 1.39. The Hall–Kier alpha value is -2.25. The topological polar surface area (TPSA) is 82.2 Å². The van der Waals surface area contributed by atoms with Gasteiger partial charge in [-0.2, -0.15) is 13.2 Å². The largest absolute Gasteiger partial charge is 0.416 e. The number of carbonyl (C=O) groups is 1. The summed E-state index contributed by atoms with van der Waals surface area (Å²) in [6.45, 7) is 0. The van der Waals surface area contributed by atoms with Gasteiger partial charge >= 0.3 is 6.18 Å². The maximum atomic E-state index is 12.7. The number of hydrogen-bond acceptors (Lipinski definition) is 3. The highest BCUT2D eigenvalue weighted by Crippen LogP contribution is 2.32. The highest BCUT2D eigenvalue weighted by molar-refractivity contribution is 6.05. The number of guanidine groups is 1. The molecule has 0 spiro atoms. The molecule has 0 atom stereocenters. The number of hydrogen-bond donors (Lipinski definition) is 3. The predicted molar refractivity (Wildman–Crippen MR) is 65.2 cm³/mol. The standard InChI is InChI=1S/C11H13F3N4O/c1-18(2)8-4-6(9(19)17-10(15)16)3-7(5-8)11(12,13)14/h3-5H,1-2H3,(H4,15,16,17,19). The molecule has 0 unspecified atom stereocenters. The summed E-state index contributed by atoms with van der Waals surface area (Å²) in [6, 6.07) is 2.93. The molecule has 0 saturated carbocycles. The van der Waals surface area contributed by atoms with E-state index in [-0.39, 0.29) is 11.3 Å². The van der Waals surface area contributed by atoms with E-state index in [9.17, 15) is 18.0 Å². The lowest BCUT2D eigenvalue weighted by molar-refractivity contribution is -0.137. The van der Waals surface area contributed by atoms with Crippen LogP contribution in [0, 0.1) is 5.41 Å². The Morgan fingerprint density at radius 2 is 1.89 bits per heavy atom. The number of nitrogens with zero attached hydrogens (tertiary/aromatic N) is 1. The first-order chi connectivity index (χ1) is 8.61. The Morgan fingerprint density at radius 1 is 1.32 bits per heavy atom. The van der Waals surface area contributed by atoms with Gasteiger partial charge in [-0.25, -0.2) is 0 Å². The molecule has 4 N–H and O–H groups in total. The number of alkyl halides is 3. The van der Waals surface area contributed by atoms with Crippen LogP contribution in [0.15, 0.2) is 18.2 Å². The van der Waals surface area contributed by atoms with Crippen LogP contribution in [0.5, 0.6) is 0 Å². The summed E-state index contributed by atoms with van der Waals surface area (Å²) in [6.07, 6.45) is -4.56. The third-order valence-corrected chi connectivity index (χ3v) is 2.27. The summed E-state index contributed by atoms with van der Waals surface area (Å²) in [5.74, 6) is -1.49. The quantitative estimate of drug-likeness (QED) is 0.563. The van der Waals surface area contributed by atoms with Crippen LogP contribution in [-0.2, 0) is 6.18 Å². The van der Waals surface area contributed by atoms with Crippen molar-refractivity contribution in [3.63, 3.8) is 0 Å². The van der Waals surface area contributed by atoms with Gasteiger partial charge in [0.15, 0.2) is 5.96 Å². The van der Waals surface area contributed by atoms with Crippen molar-refractivity contribution >= 4 is 17.6 Å². The normalized spacial score (nSPS) is 11.0. The summed E-state index contributed by atoms with van der Waals surface area (Å²) in [7, 11) is 3.12. The minimum atomic E-state index is -4.56. The molecular formula is C11H13F3N4O. The summed E-state index contributed by atoms with van der Waals surface area (Å²) >= 11 is 0. The molecule has 1 rings (SSSR count). The molecule has 0 aliphatic rings. The second-order valence-corrected chi connectivity index (χ2v) is 4.03. The maximum absolute atomic E-state index is 12.7. The molecule has 0 aliphatic carbocycles. The van der Waals surface area contributed by atoms with E-state index in [4.69, 9.17) is 11.1 Å². The Balaban J connectivity index is 3.28. The summed E-state index contributed by atoms with van der Waals surface area (Å²) in [5, 5.41) is 8.84. The zero-order valence-corrected chi connectivity index (χ0v) is 10.3. The monoisotopic (exact) mass is 274 g/mol. The molecule has 0 radical (unpaired) electrons. The van der Waals surface area contributed by atoms with Gasteiger partial charge in [0.05, 0.1) is 5.56 Å². The van der Waals surface area contributed by atoms with Crippen LogP contribution >= 0.6 is 0 Å². The average Bonchev–Trinajstić information content (AvgIpc) is 2.26. The van der Waals surface area contributed by atoms with Gasteiger partial charge in [0.2, 0.25) is 0 Å². The van der Waals surface area contributed by atoms with E-state index in [0.29, 0.717) is 6.07 Å². The average molecular weight is 274 g/mol. The van der Waals surface area contributed by atoms with Crippen molar-refractivity contribution in [1.29, 1.82) is 5.41 Å². The minimum Gasteiger partial charge on any atom is -0.378 e. The summed E-state index contributed by atoms with van der Waals surface area (Å²) in [4.78, 5) is 13.0. The van der Waals surface area contributed by atoms with Crippen molar-refractivity contribution in [1.82, 2.24) is 5.32 Å². The molecule has 0 bridgehead atoms. The lowest BCUT2D eigenvalue weighted by atomic mass is 10.1. The molecule has 0 aromatic heterocycles. The molecule has 0 fully saturated rings. The van der Waals surface area contributed by atoms with E-state index in [1.807, 2.05) is 5.32 Å². The van der Waals surface area contributed by atoms with Crippen LogP contribution in [0.3, 0.4) is 0 Å². The highest BCUT2D eigenvalue weighted by atomic mass is 19.4. The first kappa shape index (κ1) is 14.8. The van der Waals surface area contributed by atoms with Gasteiger partial charge in [-0.05, 0) is 18.2 Å². The zero-order valence-electron chi connectivity index (χ0n) is 10.3. The van der Waals surface area contributed by atoms with Gasteiger partial charge in [-0.15, -0.1) is 0 Å². The SMILES string of the molecule is CN(C)c1cc(C(=O)NC(=N)N)cc(C(F)(F)F)c1. The maximum Gasteiger partial charge on any atom is 0.416 e. The Morgan fingerprint density at radius 3 is 2.32 bits per heavy atom. The zero-order chi connectivity index (χ0) is 14.8. The van der Waals surface area contributed by atoms with Crippen LogP contribution in [0.25, 0.3) is 0 Å². The number of halogens is 3. The van der Waals surface area contributed by atoms with Gasteiger partial charge in [0.1, 0.15) is 0 Å². The molecular weight excluding hydrogens is 261 g/mol. The van der Waals surface area contributed by atoms with E-state index in [2.05, 4.69) is 0 Å². The van der Waals surface area contributed by atoms with Crippen molar-refractivity contribution in [2.24, 2.45) is 5.73 Å². The van der Waals surface area contributed by atoms with Crippen LogP contribution in [-0.4, -0.2) is 26.0 Å². The number of anilines is 1. The molecule has 0 aliphatic heterocycles. The van der Waals surface area contributed by atoms with Crippen LogP contribution < -0.4 is 16.0 Å². The van der Waals surface area contributed by atoms with Gasteiger partial charge in [0.25, 0.3) is 5.91 Å². The first-order valence-electron chi connectivity index (χ1n) is 5.16.